The SMILES string of the molecule is O=C(CO)CCCCCNC(=O)/C=C/c1ccc(/C=C(/C(=O)NC2CC2)c2ccc(F)cc2)cc1. The van der Waals surface area contributed by atoms with Crippen molar-refractivity contribution in [1.29, 1.82) is 0 Å². The molecule has 0 aliphatic heterocycles. The van der Waals surface area contributed by atoms with Crippen molar-refractivity contribution < 1.29 is 23.9 Å². The van der Waals surface area contributed by atoms with E-state index in [0.29, 0.717) is 30.5 Å². The lowest BCUT2D eigenvalue weighted by atomic mass is 10.0. The van der Waals surface area contributed by atoms with Crippen LogP contribution in [0, 0.1) is 5.82 Å². The van der Waals surface area contributed by atoms with E-state index in [1.807, 2.05) is 24.3 Å². The molecule has 7 heteroatoms. The molecular formula is C28H31FN2O4. The van der Waals surface area contributed by atoms with Gasteiger partial charge in [0, 0.05) is 30.7 Å². The van der Waals surface area contributed by atoms with Gasteiger partial charge < -0.3 is 15.7 Å². The number of hydrogen-bond acceptors (Lipinski definition) is 4. The summed E-state index contributed by atoms with van der Waals surface area (Å²) in [6, 6.07) is 13.5. The van der Waals surface area contributed by atoms with Crippen LogP contribution in [0.2, 0.25) is 0 Å². The lowest BCUT2D eigenvalue weighted by molar-refractivity contribution is -0.122. The smallest absolute Gasteiger partial charge is 0.252 e. The van der Waals surface area contributed by atoms with E-state index >= 15 is 0 Å². The van der Waals surface area contributed by atoms with Gasteiger partial charge in [0.05, 0.1) is 0 Å². The van der Waals surface area contributed by atoms with Crippen LogP contribution >= 0.6 is 0 Å². The molecule has 6 nitrogen and oxygen atoms in total. The van der Waals surface area contributed by atoms with Crippen LogP contribution in [-0.4, -0.2) is 41.9 Å². The summed E-state index contributed by atoms with van der Waals surface area (Å²) in [6.07, 6.45) is 9.55. The molecule has 0 bridgehead atoms. The van der Waals surface area contributed by atoms with Gasteiger partial charge in [-0.2, -0.15) is 0 Å². The van der Waals surface area contributed by atoms with E-state index in [4.69, 9.17) is 5.11 Å². The maximum absolute atomic E-state index is 13.4. The van der Waals surface area contributed by atoms with Crippen molar-refractivity contribution >= 4 is 35.3 Å². The van der Waals surface area contributed by atoms with Crippen molar-refractivity contribution in [2.45, 2.75) is 44.6 Å². The fourth-order valence-corrected chi connectivity index (χ4v) is 3.42. The minimum Gasteiger partial charge on any atom is -0.389 e. The topological polar surface area (TPSA) is 95.5 Å². The highest BCUT2D eigenvalue weighted by Crippen LogP contribution is 2.24. The number of unbranched alkanes of at least 4 members (excludes halogenated alkanes) is 2. The van der Waals surface area contributed by atoms with Crippen LogP contribution in [0.25, 0.3) is 17.7 Å². The summed E-state index contributed by atoms with van der Waals surface area (Å²) in [5, 5.41) is 14.5. The van der Waals surface area contributed by atoms with Crippen LogP contribution < -0.4 is 10.6 Å². The summed E-state index contributed by atoms with van der Waals surface area (Å²) in [5.74, 6) is -0.896. The predicted molar refractivity (Wildman–Crippen MR) is 134 cm³/mol. The van der Waals surface area contributed by atoms with Crippen molar-refractivity contribution in [3.8, 4) is 0 Å². The van der Waals surface area contributed by atoms with Crippen molar-refractivity contribution in [1.82, 2.24) is 10.6 Å². The third-order valence-electron chi connectivity index (χ3n) is 5.60. The molecule has 2 amide bonds. The molecule has 0 unspecified atom stereocenters. The second kappa shape index (κ2) is 13.3. The molecule has 184 valence electrons. The molecule has 0 saturated heterocycles. The summed E-state index contributed by atoms with van der Waals surface area (Å²) >= 11 is 0. The molecule has 0 spiro atoms. The van der Waals surface area contributed by atoms with Gasteiger partial charge in [0.25, 0.3) is 5.91 Å². The summed E-state index contributed by atoms with van der Waals surface area (Å²) in [7, 11) is 0. The highest BCUT2D eigenvalue weighted by molar-refractivity contribution is 6.24. The minimum absolute atomic E-state index is 0.160. The molecule has 0 radical (unpaired) electrons. The number of carbonyl (C=O) groups excluding carboxylic acids is 3. The highest BCUT2D eigenvalue weighted by Gasteiger charge is 2.25. The molecule has 0 aromatic heterocycles. The zero-order valence-electron chi connectivity index (χ0n) is 19.6. The van der Waals surface area contributed by atoms with Crippen molar-refractivity contribution in [3.05, 3.63) is 77.1 Å². The van der Waals surface area contributed by atoms with Crippen molar-refractivity contribution in [3.63, 3.8) is 0 Å². The van der Waals surface area contributed by atoms with Crippen molar-refractivity contribution in [2.75, 3.05) is 13.2 Å². The number of halogens is 1. The first-order chi connectivity index (χ1) is 16.9. The number of hydrogen-bond donors (Lipinski definition) is 3. The van der Waals surface area contributed by atoms with Gasteiger partial charge in [-0.25, -0.2) is 4.39 Å². The summed E-state index contributed by atoms with van der Waals surface area (Å²) in [4.78, 5) is 35.8. The number of Topliss-reactive ketones (excluding diaryl/α,β-unsaturated/α-hetero) is 1. The van der Waals surface area contributed by atoms with Gasteiger partial charge in [-0.1, -0.05) is 42.8 Å². The molecule has 1 aliphatic carbocycles. The summed E-state index contributed by atoms with van der Waals surface area (Å²) in [5.41, 5.74) is 2.77. The molecular weight excluding hydrogens is 447 g/mol. The fourth-order valence-electron chi connectivity index (χ4n) is 3.42. The van der Waals surface area contributed by atoms with Gasteiger partial charge in [-0.3, -0.25) is 14.4 Å². The average Bonchev–Trinajstić information content (AvgIpc) is 3.68. The lowest BCUT2D eigenvalue weighted by Crippen LogP contribution is -2.26. The van der Waals surface area contributed by atoms with Crippen molar-refractivity contribution in [2.24, 2.45) is 0 Å². The molecule has 0 heterocycles. The Bertz CT molecular complexity index is 1070. The normalized spacial score (nSPS) is 13.6. The number of benzene rings is 2. The first-order valence-electron chi connectivity index (χ1n) is 11.9. The molecule has 3 N–H and O–H groups in total. The Morgan fingerprint density at radius 1 is 0.943 bits per heavy atom. The van der Waals surface area contributed by atoms with Gasteiger partial charge in [0.1, 0.15) is 12.4 Å². The summed E-state index contributed by atoms with van der Waals surface area (Å²) < 4.78 is 13.4. The van der Waals surface area contributed by atoms with Crippen LogP contribution in [0.15, 0.2) is 54.6 Å². The van der Waals surface area contributed by atoms with E-state index in [1.165, 1.54) is 18.2 Å². The zero-order chi connectivity index (χ0) is 25.0. The Hall–Kier alpha value is -3.58. The second-order valence-corrected chi connectivity index (χ2v) is 8.61. The number of rotatable bonds is 13. The minimum atomic E-state index is -0.413. The predicted octanol–water partition coefficient (Wildman–Crippen LogP) is 3.90. The van der Waals surface area contributed by atoms with E-state index in [1.54, 1.807) is 24.3 Å². The third-order valence-corrected chi connectivity index (χ3v) is 5.60. The van der Waals surface area contributed by atoms with E-state index in [-0.39, 0.29) is 29.5 Å². The van der Waals surface area contributed by atoms with Gasteiger partial charge in [-0.15, -0.1) is 0 Å². The van der Waals surface area contributed by atoms with Crippen LogP contribution in [-0.2, 0) is 14.4 Å². The number of carbonyl (C=O) groups is 3. The molecule has 2 aromatic carbocycles. The van der Waals surface area contributed by atoms with Crippen LogP contribution in [0.1, 0.15) is 55.2 Å². The lowest BCUT2D eigenvalue weighted by Gasteiger charge is -2.09. The largest absolute Gasteiger partial charge is 0.389 e. The van der Waals surface area contributed by atoms with Gasteiger partial charge >= 0.3 is 0 Å². The molecule has 2 aromatic rings. The molecule has 1 fully saturated rings. The first kappa shape index (κ1) is 26.0. The van der Waals surface area contributed by atoms with E-state index in [2.05, 4.69) is 10.6 Å². The van der Waals surface area contributed by atoms with E-state index < -0.39 is 6.61 Å². The Morgan fingerprint density at radius 3 is 2.29 bits per heavy atom. The highest BCUT2D eigenvalue weighted by atomic mass is 19.1. The quantitative estimate of drug-likeness (QED) is 0.231. The van der Waals surface area contributed by atoms with Crippen LogP contribution in [0.5, 0.6) is 0 Å². The molecule has 1 aliphatic rings. The molecule has 0 atom stereocenters. The number of aliphatic hydroxyl groups excluding tert-OH is 1. The second-order valence-electron chi connectivity index (χ2n) is 8.61. The summed E-state index contributed by atoms with van der Waals surface area (Å²) in [6.45, 7) is 0.110. The number of nitrogens with one attached hydrogen (secondary N) is 2. The Balaban J connectivity index is 1.54. The Labute approximate surface area is 204 Å². The van der Waals surface area contributed by atoms with E-state index in [9.17, 15) is 18.8 Å². The maximum Gasteiger partial charge on any atom is 0.252 e. The average molecular weight is 479 g/mol. The van der Waals surface area contributed by atoms with Crippen LogP contribution in [0.4, 0.5) is 4.39 Å². The molecule has 3 rings (SSSR count). The maximum atomic E-state index is 13.4. The zero-order valence-corrected chi connectivity index (χ0v) is 19.6. The monoisotopic (exact) mass is 478 g/mol. The van der Waals surface area contributed by atoms with Gasteiger partial charge in [-0.05, 0) is 66.7 Å². The van der Waals surface area contributed by atoms with Gasteiger partial charge in [0.15, 0.2) is 5.78 Å². The standard InChI is InChI=1S/C28H31FN2O4/c29-23-12-10-22(11-13-23)26(28(35)31-24-14-15-24)18-21-7-5-20(6-8-21)9-16-27(34)30-17-3-1-2-4-25(33)19-32/h5-13,16,18,24,32H,1-4,14-15,17,19H2,(H,30,34)(H,31,35)/b16-9+,26-18+. The molecule has 1 saturated carbocycles. The Morgan fingerprint density at radius 2 is 1.63 bits per heavy atom. The fraction of sp³-hybridized carbons (Fsp3) is 0.321. The van der Waals surface area contributed by atoms with Crippen LogP contribution in [0.3, 0.4) is 0 Å². The first-order valence-corrected chi connectivity index (χ1v) is 11.9. The van der Waals surface area contributed by atoms with Gasteiger partial charge in [0.2, 0.25) is 5.91 Å². The number of aliphatic hydroxyl groups is 1. The third kappa shape index (κ3) is 9.29. The number of amides is 2. The molecule has 35 heavy (non-hydrogen) atoms. The Kier molecular flexibility index (Phi) is 9.93. The van der Waals surface area contributed by atoms with E-state index in [0.717, 1.165) is 36.8 Å². The number of ketones is 1.